The number of nitrogens with zero attached hydrogens (tertiary/aromatic N) is 1. The quantitative estimate of drug-likeness (QED) is 0.918. The van der Waals surface area contributed by atoms with Crippen LogP contribution < -0.4 is 0 Å². The van der Waals surface area contributed by atoms with Crippen molar-refractivity contribution in [2.45, 2.75) is 25.4 Å². The summed E-state index contributed by atoms with van der Waals surface area (Å²) in [7, 11) is 1.66. The first-order valence-corrected chi connectivity index (χ1v) is 6.83. The summed E-state index contributed by atoms with van der Waals surface area (Å²) in [4.78, 5) is 24.6. The Labute approximate surface area is 122 Å². The minimum absolute atomic E-state index is 0.0768. The van der Waals surface area contributed by atoms with Crippen LogP contribution in [0.15, 0.2) is 18.2 Å². The predicted molar refractivity (Wildman–Crippen MR) is 73.7 cm³/mol. The Hall–Kier alpha value is -1.95. The van der Waals surface area contributed by atoms with Crippen LogP contribution in [0.25, 0.3) is 0 Å². The molecule has 0 saturated carbocycles. The van der Waals surface area contributed by atoms with E-state index >= 15 is 0 Å². The molecule has 6 heteroatoms. The fourth-order valence-corrected chi connectivity index (χ4v) is 2.47. The summed E-state index contributed by atoms with van der Waals surface area (Å²) >= 11 is 0. The molecule has 5 nitrogen and oxygen atoms in total. The second-order valence-corrected chi connectivity index (χ2v) is 5.11. The van der Waals surface area contributed by atoms with Gasteiger partial charge >= 0.3 is 5.97 Å². The molecule has 114 valence electrons. The van der Waals surface area contributed by atoms with Crippen LogP contribution in [0.1, 0.15) is 28.8 Å². The Morgan fingerprint density at radius 3 is 2.57 bits per heavy atom. The Kier molecular flexibility index (Phi) is 4.90. The molecule has 0 aromatic heterocycles. The number of hydrogen-bond acceptors (Lipinski definition) is 3. The van der Waals surface area contributed by atoms with Crippen molar-refractivity contribution < 1.29 is 23.8 Å². The largest absolute Gasteiger partial charge is 0.478 e. The maximum absolute atomic E-state index is 13.6. The molecule has 1 aliphatic heterocycles. The fraction of sp³-hybridized carbons (Fsp3) is 0.467. The third kappa shape index (κ3) is 3.78. The highest BCUT2D eigenvalue weighted by Crippen LogP contribution is 2.16. The van der Waals surface area contributed by atoms with E-state index in [4.69, 9.17) is 9.84 Å². The first-order valence-electron chi connectivity index (χ1n) is 6.83. The van der Waals surface area contributed by atoms with E-state index in [9.17, 15) is 14.0 Å². The Morgan fingerprint density at radius 2 is 2.05 bits per heavy atom. The summed E-state index contributed by atoms with van der Waals surface area (Å²) in [6, 6.07) is 3.78. The zero-order valence-electron chi connectivity index (χ0n) is 11.8. The second-order valence-electron chi connectivity index (χ2n) is 5.11. The number of aromatic carboxylic acids is 1. The molecule has 0 spiro atoms. The van der Waals surface area contributed by atoms with E-state index in [1.165, 1.54) is 12.1 Å². The van der Waals surface area contributed by atoms with E-state index in [-0.39, 0.29) is 24.0 Å². The van der Waals surface area contributed by atoms with Crippen LogP contribution >= 0.6 is 0 Å². The van der Waals surface area contributed by atoms with Gasteiger partial charge in [-0.2, -0.15) is 0 Å². The lowest BCUT2D eigenvalue weighted by atomic mass is 10.0. The van der Waals surface area contributed by atoms with Crippen LogP contribution in [-0.4, -0.2) is 48.2 Å². The number of ether oxygens (including phenoxy) is 1. The van der Waals surface area contributed by atoms with Crippen LogP contribution in [-0.2, 0) is 16.0 Å². The number of rotatable bonds is 4. The molecule has 1 aromatic rings. The van der Waals surface area contributed by atoms with Crippen molar-refractivity contribution in [2.24, 2.45) is 0 Å². The Balaban J connectivity index is 1.97. The standard InChI is InChI=1S/C15H18FNO4/c1-21-11-4-6-17(7-5-11)14(18)9-10-2-3-12(15(19)20)13(16)8-10/h2-3,8,11H,4-7,9H2,1H3,(H,19,20). The summed E-state index contributed by atoms with van der Waals surface area (Å²) in [5.41, 5.74) is 0.100. The number of benzene rings is 1. The van der Waals surface area contributed by atoms with Crippen molar-refractivity contribution in [2.75, 3.05) is 20.2 Å². The number of carbonyl (C=O) groups excluding carboxylic acids is 1. The molecule has 1 aliphatic rings. The SMILES string of the molecule is COC1CCN(C(=O)Cc2ccc(C(=O)O)c(F)c2)CC1. The zero-order chi connectivity index (χ0) is 15.4. The third-order valence-corrected chi connectivity index (χ3v) is 3.75. The first-order chi connectivity index (χ1) is 10.0. The van der Waals surface area contributed by atoms with E-state index in [0.29, 0.717) is 18.7 Å². The number of methoxy groups -OCH3 is 1. The highest BCUT2D eigenvalue weighted by Gasteiger charge is 2.22. The molecule has 21 heavy (non-hydrogen) atoms. The van der Waals surface area contributed by atoms with Crippen molar-refractivity contribution in [1.82, 2.24) is 4.90 Å². The number of hydrogen-bond donors (Lipinski definition) is 1. The predicted octanol–water partition coefficient (Wildman–Crippen LogP) is 1.70. The number of carboxylic acids is 1. The molecule has 0 unspecified atom stereocenters. The van der Waals surface area contributed by atoms with E-state index in [0.717, 1.165) is 18.9 Å². The van der Waals surface area contributed by atoms with E-state index in [2.05, 4.69) is 0 Å². The second kappa shape index (κ2) is 6.67. The highest BCUT2D eigenvalue weighted by molar-refractivity contribution is 5.88. The van der Waals surface area contributed by atoms with E-state index < -0.39 is 11.8 Å². The first kappa shape index (κ1) is 15.4. The molecular weight excluding hydrogens is 277 g/mol. The monoisotopic (exact) mass is 295 g/mol. The molecular formula is C15H18FNO4. The lowest BCUT2D eigenvalue weighted by Gasteiger charge is -2.31. The molecule has 1 N–H and O–H groups in total. The van der Waals surface area contributed by atoms with Crippen LogP contribution in [0.5, 0.6) is 0 Å². The Morgan fingerprint density at radius 1 is 1.38 bits per heavy atom. The molecule has 1 aromatic carbocycles. The smallest absolute Gasteiger partial charge is 0.338 e. The molecule has 1 saturated heterocycles. The molecule has 2 rings (SSSR count). The molecule has 1 amide bonds. The van der Waals surface area contributed by atoms with Crippen LogP contribution in [0.2, 0.25) is 0 Å². The van der Waals surface area contributed by atoms with Gasteiger partial charge in [0.25, 0.3) is 0 Å². The number of carboxylic acid groups (broad SMARTS) is 1. The number of halogens is 1. The normalized spacial score (nSPS) is 16.0. The van der Waals surface area contributed by atoms with Crippen LogP contribution in [0.3, 0.4) is 0 Å². The van der Waals surface area contributed by atoms with Crippen LogP contribution in [0.4, 0.5) is 4.39 Å². The third-order valence-electron chi connectivity index (χ3n) is 3.75. The average molecular weight is 295 g/mol. The van der Waals surface area contributed by atoms with Gasteiger partial charge in [-0.05, 0) is 30.5 Å². The number of carbonyl (C=O) groups is 2. The van der Waals surface area contributed by atoms with Gasteiger partial charge in [-0.3, -0.25) is 4.79 Å². The molecule has 0 radical (unpaired) electrons. The van der Waals surface area contributed by atoms with Crippen molar-refractivity contribution in [1.29, 1.82) is 0 Å². The van der Waals surface area contributed by atoms with Gasteiger partial charge in [-0.25, -0.2) is 9.18 Å². The lowest BCUT2D eigenvalue weighted by Crippen LogP contribution is -2.41. The van der Waals surface area contributed by atoms with Crippen molar-refractivity contribution >= 4 is 11.9 Å². The molecule has 0 atom stereocenters. The van der Waals surface area contributed by atoms with Gasteiger partial charge in [-0.15, -0.1) is 0 Å². The van der Waals surface area contributed by atoms with Gasteiger partial charge in [0.1, 0.15) is 5.82 Å². The molecule has 1 fully saturated rings. The summed E-state index contributed by atoms with van der Waals surface area (Å²) < 4.78 is 18.8. The summed E-state index contributed by atoms with van der Waals surface area (Å²) in [5, 5.41) is 8.76. The topological polar surface area (TPSA) is 66.8 Å². The zero-order valence-corrected chi connectivity index (χ0v) is 11.8. The van der Waals surface area contributed by atoms with Crippen LogP contribution in [0, 0.1) is 5.82 Å². The van der Waals surface area contributed by atoms with Crippen molar-refractivity contribution in [3.05, 3.63) is 35.1 Å². The van der Waals surface area contributed by atoms with Gasteiger partial charge in [-0.1, -0.05) is 6.07 Å². The van der Waals surface area contributed by atoms with Gasteiger partial charge in [0, 0.05) is 20.2 Å². The Bertz CT molecular complexity index is 538. The highest BCUT2D eigenvalue weighted by atomic mass is 19.1. The minimum Gasteiger partial charge on any atom is -0.478 e. The number of likely N-dealkylation sites (tertiary alicyclic amines) is 1. The summed E-state index contributed by atoms with van der Waals surface area (Å²) in [6.07, 6.45) is 1.87. The molecule has 0 aliphatic carbocycles. The summed E-state index contributed by atoms with van der Waals surface area (Å²) in [5.74, 6) is -2.20. The molecule has 1 heterocycles. The van der Waals surface area contributed by atoms with Crippen molar-refractivity contribution in [3.8, 4) is 0 Å². The van der Waals surface area contributed by atoms with Gasteiger partial charge in [0.2, 0.25) is 5.91 Å². The van der Waals surface area contributed by atoms with Gasteiger partial charge in [0.15, 0.2) is 0 Å². The average Bonchev–Trinajstić information content (AvgIpc) is 2.47. The fourth-order valence-electron chi connectivity index (χ4n) is 2.47. The van der Waals surface area contributed by atoms with Gasteiger partial charge in [0.05, 0.1) is 18.1 Å². The lowest BCUT2D eigenvalue weighted by molar-refractivity contribution is -0.132. The number of piperidine rings is 1. The maximum Gasteiger partial charge on any atom is 0.338 e. The summed E-state index contributed by atoms with van der Waals surface area (Å²) in [6.45, 7) is 1.26. The van der Waals surface area contributed by atoms with Gasteiger partial charge < -0.3 is 14.7 Å². The van der Waals surface area contributed by atoms with E-state index in [1.807, 2.05) is 0 Å². The van der Waals surface area contributed by atoms with E-state index in [1.54, 1.807) is 12.0 Å². The number of amides is 1. The molecule has 0 bridgehead atoms. The van der Waals surface area contributed by atoms with Crippen molar-refractivity contribution in [3.63, 3.8) is 0 Å². The maximum atomic E-state index is 13.6. The minimum atomic E-state index is -1.31.